The normalized spacial score (nSPS) is 11.1. The Bertz CT molecular complexity index is 1100. The van der Waals surface area contributed by atoms with Crippen molar-refractivity contribution in [3.05, 3.63) is 63.8 Å². The maximum Gasteiger partial charge on any atom is 0.340 e. The van der Waals surface area contributed by atoms with Gasteiger partial charge >= 0.3 is 5.97 Å². The predicted octanol–water partition coefficient (Wildman–Crippen LogP) is 3.96. The Hall–Kier alpha value is -3.13. The van der Waals surface area contributed by atoms with Crippen LogP contribution in [-0.4, -0.2) is 35.9 Å². The van der Waals surface area contributed by atoms with Crippen LogP contribution in [0.15, 0.2) is 52.0 Å². The highest BCUT2D eigenvalue weighted by Gasteiger charge is 2.20. The second-order valence-corrected chi connectivity index (χ2v) is 7.47. The molecule has 0 aliphatic heterocycles. The number of hydrogen-bond acceptors (Lipinski definition) is 5. The summed E-state index contributed by atoms with van der Waals surface area (Å²) in [6, 6.07) is 12.9. The van der Waals surface area contributed by atoms with Crippen molar-refractivity contribution in [3.63, 3.8) is 0 Å². The van der Waals surface area contributed by atoms with Crippen LogP contribution in [0.1, 0.15) is 28.5 Å². The zero-order chi connectivity index (χ0) is 21.7. The van der Waals surface area contributed by atoms with Crippen LogP contribution in [-0.2, 0) is 16.6 Å². The SMILES string of the molecule is CCOC(=O)c1c(C)n(C)c2ccc(OCC(=O)NN=Cc3ccc(Br)cc3)cc12. The minimum Gasteiger partial charge on any atom is -0.484 e. The molecular weight excluding hydrogens is 450 g/mol. The number of nitrogens with one attached hydrogen (secondary N) is 1. The molecular formula is C22H22BrN3O4. The van der Waals surface area contributed by atoms with Crippen molar-refractivity contribution < 1.29 is 19.1 Å². The van der Waals surface area contributed by atoms with E-state index in [0.717, 1.165) is 26.6 Å². The molecule has 0 radical (unpaired) electrons. The molecule has 7 nitrogen and oxygen atoms in total. The molecule has 1 N–H and O–H groups in total. The van der Waals surface area contributed by atoms with Gasteiger partial charge in [-0.05, 0) is 49.7 Å². The molecule has 0 aliphatic rings. The Morgan fingerprint density at radius 1 is 1.20 bits per heavy atom. The summed E-state index contributed by atoms with van der Waals surface area (Å²) in [5.74, 6) is -0.290. The monoisotopic (exact) mass is 471 g/mol. The number of carbonyl (C=O) groups excluding carboxylic acids is 2. The number of nitrogens with zero attached hydrogens (tertiary/aromatic N) is 2. The standard InChI is InChI=1S/C22H22BrN3O4/c1-4-29-22(28)21-14(2)26(3)19-10-9-17(11-18(19)21)30-13-20(27)25-24-12-15-5-7-16(23)8-6-15/h5-12H,4,13H2,1-3H3,(H,25,27). The molecule has 0 fully saturated rings. The van der Waals surface area contributed by atoms with Crippen LogP contribution >= 0.6 is 15.9 Å². The van der Waals surface area contributed by atoms with Crippen molar-refractivity contribution in [1.82, 2.24) is 9.99 Å². The molecule has 1 aromatic heterocycles. The summed E-state index contributed by atoms with van der Waals surface area (Å²) in [7, 11) is 1.89. The molecule has 0 unspecified atom stereocenters. The lowest BCUT2D eigenvalue weighted by Gasteiger charge is -2.06. The van der Waals surface area contributed by atoms with Gasteiger partial charge in [-0.3, -0.25) is 4.79 Å². The third kappa shape index (κ3) is 4.88. The second-order valence-electron chi connectivity index (χ2n) is 6.55. The van der Waals surface area contributed by atoms with Crippen LogP contribution in [0.25, 0.3) is 10.9 Å². The lowest BCUT2D eigenvalue weighted by molar-refractivity contribution is -0.123. The van der Waals surface area contributed by atoms with Crippen LogP contribution in [0, 0.1) is 6.92 Å². The van der Waals surface area contributed by atoms with Crippen molar-refractivity contribution in [3.8, 4) is 5.75 Å². The molecule has 0 saturated heterocycles. The summed E-state index contributed by atoms with van der Waals surface area (Å²) in [5, 5.41) is 4.64. The van der Waals surface area contributed by atoms with Crippen LogP contribution in [0.5, 0.6) is 5.75 Å². The Balaban J connectivity index is 1.67. The first kappa shape index (κ1) is 21.6. The van der Waals surface area contributed by atoms with Gasteiger partial charge < -0.3 is 14.0 Å². The molecule has 1 heterocycles. The highest BCUT2D eigenvalue weighted by Crippen LogP contribution is 2.29. The number of benzene rings is 2. The Labute approximate surface area is 182 Å². The van der Waals surface area contributed by atoms with E-state index in [2.05, 4.69) is 26.5 Å². The molecule has 1 amide bonds. The predicted molar refractivity (Wildman–Crippen MR) is 119 cm³/mol. The van der Waals surface area contributed by atoms with Gasteiger partial charge in [-0.2, -0.15) is 5.10 Å². The van der Waals surface area contributed by atoms with Gasteiger partial charge in [0.25, 0.3) is 5.91 Å². The average Bonchev–Trinajstić information content (AvgIpc) is 2.98. The number of rotatable bonds is 7. The Morgan fingerprint density at radius 2 is 1.93 bits per heavy atom. The van der Waals surface area contributed by atoms with Gasteiger partial charge in [0.2, 0.25) is 0 Å². The molecule has 2 aromatic carbocycles. The molecule has 156 valence electrons. The quantitative estimate of drug-likeness (QED) is 0.321. The summed E-state index contributed by atoms with van der Waals surface area (Å²) >= 11 is 3.36. The van der Waals surface area contributed by atoms with Crippen LogP contribution < -0.4 is 10.2 Å². The molecule has 3 rings (SSSR count). The van der Waals surface area contributed by atoms with Crippen molar-refractivity contribution in [1.29, 1.82) is 0 Å². The van der Waals surface area contributed by atoms with Gasteiger partial charge in [-0.25, -0.2) is 10.2 Å². The molecule has 0 spiro atoms. The number of esters is 1. The van der Waals surface area contributed by atoms with E-state index in [1.165, 1.54) is 0 Å². The minimum absolute atomic E-state index is 0.205. The third-order valence-electron chi connectivity index (χ3n) is 4.59. The van der Waals surface area contributed by atoms with Crippen molar-refractivity contribution in [2.45, 2.75) is 13.8 Å². The summed E-state index contributed by atoms with van der Waals surface area (Å²) in [5.41, 5.74) is 5.48. The molecule has 8 heteroatoms. The Kier molecular flexibility index (Phi) is 6.89. The highest BCUT2D eigenvalue weighted by atomic mass is 79.9. The van der Waals surface area contributed by atoms with E-state index in [0.29, 0.717) is 17.9 Å². The Morgan fingerprint density at radius 3 is 2.63 bits per heavy atom. The van der Waals surface area contributed by atoms with Gasteiger partial charge in [-0.1, -0.05) is 28.1 Å². The number of halogens is 1. The van der Waals surface area contributed by atoms with Crippen molar-refractivity contribution in [2.75, 3.05) is 13.2 Å². The largest absolute Gasteiger partial charge is 0.484 e. The van der Waals surface area contributed by atoms with Gasteiger partial charge in [0.05, 0.1) is 18.4 Å². The summed E-state index contributed by atoms with van der Waals surface area (Å²) < 4.78 is 13.7. The fourth-order valence-corrected chi connectivity index (χ4v) is 3.28. The van der Waals surface area contributed by atoms with E-state index >= 15 is 0 Å². The van der Waals surface area contributed by atoms with Crippen molar-refractivity contribution in [2.24, 2.45) is 12.1 Å². The molecule has 3 aromatic rings. The van der Waals surface area contributed by atoms with E-state index in [1.807, 2.05) is 48.9 Å². The average molecular weight is 472 g/mol. The van der Waals surface area contributed by atoms with Crippen LogP contribution in [0.2, 0.25) is 0 Å². The van der Waals surface area contributed by atoms with Crippen molar-refractivity contribution >= 4 is 44.9 Å². The van der Waals surface area contributed by atoms with E-state index in [1.54, 1.807) is 25.3 Å². The van der Waals surface area contributed by atoms with Gasteiger partial charge in [0.15, 0.2) is 6.61 Å². The minimum atomic E-state index is -0.390. The first-order valence-electron chi connectivity index (χ1n) is 9.37. The fraction of sp³-hybridized carbons (Fsp3) is 0.227. The maximum absolute atomic E-state index is 12.4. The summed E-state index contributed by atoms with van der Waals surface area (Å²) in [6.45, 7) is 3.73. The second kappa shape index (κ2) is 9.58. The lowest BCUT2D eigenvalue weighted by Crippen LogP contribution is -2.24. The number of amides is 1. The number of carbonyl (C=O) groups is 2. The van der Waals surface area contributed by atoms with E-state index in [4.69, 9.17) is 9.47 Å². The lowest BCUT2D eigenvalue weighted by atomic mass is 10.1. The van der Waals surface area contributed by atoms with E-state index in [9.17, 15) is 9.59 Å². The highest BCUT2D eigenvalue weighted by molar-refractivity contribution is 9.10. The molecule has 0 aliphatic carbocycles. The molecule has 0 bridgehead atoms. The molecule has 30 heavy (non-hydrogen) atoms. The van der Waals surface area contributed by atoms with Gasteiger partial charge in [-0.15, -0.1) is 0 Å². The number of aromatic nitrogens is 1. The first-order valence-corrected chi connectivity index (χ1v) is 10.2. The zero-order valence-electron chi connectivity index (χ0n) is 16.9. The maximum atomic E-state index is 12.4. The molecule has 0 atom stereocenters. The summed E-state index contributed by atoms with van der Waals surface area (Å²) in [6.07, 6.45) is 1.55. The number of ether oxygens (including phenoxy) is 2. The van der Waals surface area contributed by atoms with Crippen LogP contribution in [0.4, 0.5) is 0 Å². The molecule has 0 saturated carbocycles. The topological polar surface area (TPSA) is 81.9 Å². The third-order valence-corrected chi connectivity index (χ3v) is 5.11. The first-order chi connectivity index (χ1) is 14.4. The number of hydrazone groups is 1. The van der Waals surface area contributed by atoms with E-state index in [-0.39, 0.29) is 12.6 Å². The number of hydrogen-bond donors (Lipinski definition) is 1. The van der Waals surface area contributed by atoms with Crippen LogP contribution in [0.3, 0.4) is 0 Å². The summed E-state index contributed by atoms with van der Waals surface area (Å²) in [4.78, 5) is 24.4. The van der Waals surface area contributed by atoms with E-state index < -0.39 is 5.91 Å². The fourth-order valence-electron chi connectivity index (χ4n) is 3.01. The smallest absolute Gasteiger partial charge is 0.340 e. The van der Waals surface area contributed by atoms with Gasteiger partial charge in [0.1, 0.15) is 5.75 Å². The zero-order valence-corrected chi connectivity index (χ0v) is 18.5. The van der Waals surface area contributed by atoms with Gasteiger partial charge in [0, 0.05) is 28.1 Å². The number of aryl methyl sites for hydroxylation is 1. The number of fused-ring (bicyclic) bond motifs is 1.